The largest absolute Gasteiger partial charge is 0.454 e. The summed E-state index contributed by atoms with van der Waals surface area (Å²) in [7, 11) is 0. The molecule has 0 spiro atoms. The number of para-hydroxylation sites is 2. The number of hydrogen-bond acceptors (Lipinski definition) is 4. The molecule has 154 valence electrons. The van der Waals surface area contributed by atoms with Crippen LogP contribution >= 0.6 is 11.6 Å². The Hall–Kier alpha value is -3.77. The van der Waals surface area contributed by atoms with Crippen LogP contribution in [-0.4, -0.2) is 22.7 Å². The number of hydrogen-bond donors (Lipinski definition) is 2. The Balaban J connectivity index is 1.53. The van der Waals surface area contributed by atoms with E-state index in [-0.39, 0.29) is 12.7 Å². The lowest BCUT2D eigenvalue weighted by Crippen LogP contribution is -2.24. The van der Waals surface area contributed by atoms with Gasteiger partial charge in [0.1, 0.15) is 5.82 Å². The summed E-state index contributed by atoms with van der Waals surface area (Å²) < 4.78 is 10.8. The van der Waals surface area contributed by atoms with Crippen molar-refractivity contribution in [1.29, 1.82) is 0 Å². The number of benzene rings is 3. The second kappa shape index (κ2) is 8.16. The van der Waals surface area contributed by atoms with Crippen LogP contribution < -0.4 is 14.8 Å². The van der Waals surface area contributed by atoms with Crippen molar-refractivity contribution in [2.24, 2.45) is 0 Å². The van der Waals surface area contributed by atoms with Crippen molar-refractivity contribution in [3.05, 3.63) is 88.7 Å². The molecule has 0 radical (unpaired) electrons. The molecule has 0 saturated carbocycles. The molecule has 31 heavy (non-hydrogen) atoms. The van der Waals surface area contributed by atoms with Crippen molar-refractivity contribution in [3.63, 3.8) is 0 Å². The van der Waals surface area contributed by atoms with Gasteiger partial charge in [-0.1, -0.05) is 54.1 Å². The van der Waals surface area contributed by atoms with Crippen LogP contribution in [0, 0.1) is 0 Å². The van der Waals surface area contributed by atoms with Crippen molar-refractivity contribution < 1.29 is 14.3 Å². The van der Waals surface area contributed by atoms with Crippen molar-refractivity contribution in [3.8, 4) is 11.5 Å². The van der Waals surface area contributed by atoms with E-state index in [4.69, 9.17) is 21.1 Å². The standard InChI is InChI=1S/C24H18ClN3O3/c25-18-11-16(12-21-22(18)31-14-30-21)10-17(23-27-19-8-4-5-9-20(19)28-23)24(29)26-13-15-6-2-1-3-7-15/h1-12H,13-14H2,(H,26,29)(H,27,28)/b17-10+. The molecule has 0 saturated heterocycles. The van der Waals surface area contributed by atoms with E-state index in [1.807, 2.05) is 54.6 Å². The minimum atomic E-state index is -0.253. The van der Waals surface area contributed by atoms with Crippen LogP contribution in [0.2, 0.25) is 5.02 Å². The van der Waals surface area contributed by atoms with Gasteiger partial charge >= 0.3 is 0 Å². The van der Waals surface area contributed by atoms with E-state index < -0.39 is 0 Å². The van der Waals surface area contributed by atoms with Crippen molar-refractivity contribution in [1.82, 2.24) is 15.3 Å². The zero-order valence-corrected chi connectivity index (χ0v) is 17.1. The highest BCUT2D eigenvalue weighted by Crippen LogP contribution is 2.40. The lowest BCUT2D eigenvalue weighted by atomic mass is 10.1. The second-order valence-electron chi connectivity index (χ2n) is 7.07. The van der Waals surface area contributed by atoms with Crippen LogP contribution in [0.15, 0.2) is 66.7 Å². The van der Waals surface area contributed by atoms with Crippen LogP contribution in [0.25, 0.3) is 22.7 Å². The first kappa shape index (κ1) is 19.2. The van der Waals surface area contributed by atoms with Gasteiger partial charge in [-0.25, -0.2) is 4.98 Å². The van der Waals surface area contributed by atoms with E-state index in [2.05, 4.69) is 15.3 Å². The third-order valence-corrected chi connectivity index (χ3v) is 5.23. The number of carbonyl (C=O) groups excluding carboxylic acids is 1. The third-order valence-electron chi connectivity index (χ3n) is 4.95. The van der Waals surface area contributed by atoms with Gasteiger partial charge in [-0.2, -0.15) is 0 Å². The minimum absolute atomic E-state index is 0.121. The smallest absolute Gasteiger partial charge is 0.255 e. The molecule has 5 rings (SSSR count). The van der Waals surface area contributed by atoms with Crippen LogP contribution in [-0.2, 0) is 11.3 Å². The highest BCUT2D eigenvalue weighted by molar-refractivity contribution is 6.32. The number of rotatable bonds is 5. The molecular weight excluding hydrogens is 414 g/mol. The van der Waals surface area contributed by atoms with Gasteiger partial charge in [-0.3, -0.25) is 4.79 Å². The fourth-order valence-corrected chi connectivity index (χ4v) is 3.71. The fraction of sp³-hybridized carbons (Fsp3) is 0.0833. The monoisotopic (exact) mass is 431 g/mol. The van der Waals surface area contributed by atoms with Gasteiger partial charge < -0.3 is 19.8 Å². The molecule has 0 fully saturated rings. The number of ether oxygens (including phenoxy) is 2. The molecule has 3 aromatic carbocycles. The van der Waals surface area contributed by atoms with Crippen LogP contribution in [0.4, 0.5) is 0 Å². The van der Waals surface area contributed by atoms with E-state index in [1.54, 1.807) is 18.2 Å². The molecule has 2 N–H and O–H groups in total. The van der Waals surface area contributed by atoms with Gasteiger partial charge in [0, 0.05) is 6.54 Å². The fourth-order valence-electron chi connectivity index (χ4n) is 3.43. The first-order valence-electron chi connectivity index (χ1n) is 9.75. The summed E-state index contributed by atoms with van der Waals surface area (Å²) in [6.07, 6.45) is 1.74. The number of imidazole rings is 1. The molecule has 0 atom stereocenters. The number of nitrogens with one attached hydrogen (secondary N) is 2. The van der Waals surface area contributed by atoms with E-state index in [1.165, 1.54) is 0 Å². The number of fused-ring (bicyclic) bond motifs is 2. The molecule has 1 aliphatic heterocycles. The summed E-state index contributed by atoms with van der Waals surface area (Å²) in [6, 6.07) is 20.9. The molecule has 1 amide bonds. The van der Waals surface area contributed by atoms with Crippen molar-refractivity contribution in [2.45, 2.75) is 6.54 Å². The van der Waals surface area contributed by atoms with Crippen LogP contribution in [0.5, 0.6) is 11.5 Å². The normalized spacial score (nSPS) is 12.9. The molecule has 1 aliphatic rings. The quantitative estimate of drug-likeness (QED) is 0.445. The Bertz CT molecular complexity index is 1270. The zero-order chi connectivity index (χ0) is 21.2. The SMILES string of the molecule is O=C(NCc1ccccc1)/C(=C/c1cc(Cl)c2c(c1)OCO2)c1nc2ccccc2[nH]1. The Labute approximate surface area is 183 Å². The average molecular weight is 432 g/mol. The average Bonchev–Trinajstić information content (AvgIpc) is 3.43. The van der Waals surface area contributed by atoms with E-state index in [9.17, 15) is 4.79 Å². The predicted molar refractivity (Wildman–Crippen MR) is 120 cm³/mol. The predicted octanol–water partition coefficient (Wildman–Crippen LogP) is 4.80. The number of carbonyl (C=O) groups is 1. The molecule has 7 heteroatoms. The Morgan fingerprint density at radius 1 is 1.10 bits per heavy atom. The summed E-state index contributed by atoms with van der Waals surface area (Å²) in [5, 5.41) is 3.40. The lowest BCUT2D eigenvalue weighted by molar-refractivity contribution is -0.115. The molecule has 2 heterocycles. The van der Waals surface area contributed by atoms with Crippen LogP contribution in [0.3, 0.4) is 0 Å². The highest BCUT2D eigenvalue weighted by Gasteiger charge is 2.20. The number of aromatic amines is 1. The number of aromatic nitrogens is 2. The van der Waals surface area contributed by atoms with Crippen molar-refractivity contribution in [2.75, 3.05) is 6.79 Å². The maximum absolute atomic E-state index is 13.2. The summed E-state index contributed by atoms with van der Waals surface area (Å²) in [4.78, 5) is 21.0. The molecule has 4 aromatic rings. The Kier molecular flexibility index (Phi) is 5.06. The van der Waals surface area contributed by atoms with Crippen molar-refractivity contribution >= 4 is 40.2 Å². The maximum Gasteiger partial charge on any atom is 0.255 e. The molecule has 0 bridgehead atoms. The summed E-state index contributed by atoms with van der Waals surface area (Å²) in [5.74, 6) is 1.28. The number of H-pyrrole nitrogens is 1. The van der Waals surface area contributed by atoms with Gasteiger partial charge in [0.25, 0.3) is 5.91 Å². The first-order valence-corrected chi connectivity index (χ1v) is 10.1. The molecular formula is C24H18ClN3O3. The van der Waals surface area contributed by atoms with E-state index >= 15 is 0 Å². The Morgan fingerprint density at radius 3 is 2.74 bits per heavy atom. The first-order chi connectivity index (χ1) is 15.2. The maximum atomic E-state index is 13.2. The van der Waals surface area contributed by atoms with Gasteiger partial charge in [-0.15, -0.1) is 0 Å². The molecule has 0 aliphatic carbocycles. The molecule has 0 unspecified atom stereocenters. The Morgan fingerprint density at radius 2 is 1.90 bits per heavy atom. The highest BCUT2D eigenvalue weighted by atomic mass is 35.5. The lowest BCUT2D eigenvalue weighted by Gasteiger charge is -2.08. The summed E-state index contributed by atoms with van der Waals surface area (Å²) in [5.41, 5.74) is 3.73. The van der Waals surface area contributed by atoms with Gasteiger partial charge in [-0.05, 0) is 41.5 Å². The second-order valence-corrected chi connectivity index (χ2v) is 7.47. The number of halogens is 1. The topological polar surface area (TPSA) is 76.2 Å². The number of amides is 1. The summed E-state index contributed by atoms with van der Waals surface area (Å²) >= 11 is 6.33. The zero-order valence-electron chi connectivity index (χ0n) is 16.4. The number of nitrogens with zero attached hydrogens (tertiary/aromatic N) is 1. The van der Waals surface area contributed by atoms with Crippen LogP contribution in [0.1, 0.15) is 17.0 Å². The molecule has 1 aromatic heterocycles. The minimum Gasteiger partial charge on any atom is -0.454 e. The van der Waals surface area contributed by atoms with E-state index in [0.717, 1.165) is 16.6 Å². The summed E-state index contributed by atoms with van der Waals surface area (Å²) in [6.45, 7) is 0.523. The molecule has 6 nitrogen and oxygen atoms in total. The van der Waals surface area contributed by atoms with Gasteiger partial charge in [0.15, 0.2) is 11.5 Å². The van der Waals surface area contributed by atoms with Gasteiger partial charge in [0.05, 0.1) is 21.6 Å². The van der Waals surface area contributed by atoms with E-state index in [0.29, 0.717) is 40.0 Å². The third kappa shape index (κ3) is 3.98. The van der Waals surface area contributed by atoms with Gasteiger partial charge in [0.2, 0.25) is 6.79 Å².